The number of ether oxygens (including phenoxy) is 1. The molecule has 0 spiro atoms. The third-order valence-corrected chi connectivity index (χ3v) is 3.29. The molecule has 2 unspecified atom stereocenters. The van der Waals surface area contributed by atoms with Gasteiger partial charge >= 0.3 is 5.97 Å². The summed E-state index contributed by atoms with van der Waals surface area (Å²) < 4.78 is 11.2. The zero-order valence-corrected chi connectivity index (χ0v) is 9.92. The number of nitrogens with zero attached hydrogens (tertiary/aromatic N) is 1. The monoisotopic (exact) mass is 247 g/mol. The molecule has 2 heterocycles. The number of carbonyl (C=O) groups is 1. The van der Waals surface area contributed by atoms with Gasteiger partial charge in [-0.05, 0) is 24.5 Å². The zero-order valence-electron chi connectivity index (χ0n) is 9.92. The molecule has 1 aliphatic heterocycles. The van der Waals surface area contributed by atoms with Crippen LogP contribution in [0.5, 0.6) is 0 Å². The highest BCUT2D eigenvalue weighted by molar-refractivity contribution is 5.99. The maximum absolute atomic E-state index is 11.1. The smallest absolute Gasteiger partial charge is 0.339 e. The highest BCUT2D eigenvalue weighted by Gasteiger charge is 2.30. The van der Waals surface area contributed by atoms with Crippen LogP contribution in [0, 0.1) is 5.92 Å². The molecule has 1 aliphatic rings. The molecule has 1 N–H and O–H groups in total. The number of fused-ring (bicyclic) bond motifs is 1. The number of rotatable bonds is 2. The third-order valence-electron chi connectivity index (χ3n) is 3.29. The molecule has 0 saturated carbocycles. The van der Waals surface area contributed by atoms with Gasteiger partial charge in [0.2, 0.25) is 5.89 Å². The molecule has 1 saturated heterocycles. The van der Waals surface area contributed by atoms with Crippen molar-refractivity contribution in [3.05, 3.63) is 29.7 Å². The minimum absolute atomic E-state index is 0.136. The molecule has 1 fully saturated rings. The number of carboxylic acids is 1. The summed E-state index contributed by atoms with van der Waals surface area (Å²) in [5, 5.41) is 9.09. The van der Waals surface area contributed by atoms with Crippen LogP contribution in [0.1, 0.15) is 35.7 Å². The molecular formula is C13H13NO4. The fraction of sp³-hybridized carbons (Fsp3) is 0.385. The molecular weight excluding hydrogens is 234 g/mol. The standard InChI is InChI=1S/C13H13NO4/c1-7-5-6-17-10(7)12-14-9-4-2-3-8(13(15)16)11(9)18-12/h2-4,7,10H,5-6H2,1H3,(H,15,16). The van der Waals surface area contributed by atoms with Gasteiger partial charge in [0.05, 0.1) is 0 Å². The van der Waals surface area contributed by atoms with E-state index in [1.807, 2.05) is 0 Å². The van der Waals surface area contributed by atoms with Crippen LogP contribution < -0.4 is 0 Å². The van der Waals surface area contributed by atoms with Gasteiger partial charge in [-0.15, -0.1) is 0 Å². The van der Waals surface area contributed by atoms with Crippen LogP contribution in [0.4, 0.5) is 0 Å². The second-order valence-corrected chi connectivity index (χ2v) is 4.57. The van der Waals surface area contributed by atoms with Crippen molar-refractivity contribution >= 4 is 17.1 Å². The lowest BCUT2D eigenvalue weighted by Crippen LogP contribution is -2.03. The lowest BCUT2D eigenvalue weighted by Gasteiger charge is -2.08. The quantitative estimate of drug-likeness (QED) is 0.883. The van der Waals surface area contributed by atoms with E-state index >= 15 is 0 Å². The number of hydrogen-bond acceptors (Lipinski definition) is 4. The van der Waals surface area contributed by atoms with E-state index in [2.05, 4.69) is 11.9 Å². The summed E-state index contributed by atoms with van der Waals surface area (Å²) in [6.07, 6.45) is 0.800. The summed E-state index contributed by atoms with van der Waals surface area (Å²) in [6.45, 7) is 2.76. The van der Waals surface area contributed by atoms with E-state index in [0.29, 0.717) is 29.5 Å². The van der Waals surface area contributed by atoms with Crippen LogP contribution in [0.2, 0.25) is 0 Å². The van der Waals surface area contributed by atoms with E-state index in [9.17, 15) is 4.79 Å². The van der Waals surface area contributed by atoms with Gasteiger partial charge in [0.25, 0.3) is 0 Å². The van der Waals surface area contributed by atoms with Crippen molar-refractivity contribution < 1.29 is 19.1 Å². The van der Waals surface area contributed by atoms with Gasteiger partial charge < -0.3 is 14.3 Å². The van der Waals surface area contributed by atoms with E-state index < -0.39 is 5.97 Å². The van der Waals surface area contributed by atoms with Crippen LogP contribution in [0.15, 0.2) is 22.6 Å². The van der Waals surface area contributed by atoms with E-state index in [-0.39, 0.29) is 11.7 Å². The molecule has 5 heteroatoms. The Labute approximate surface area is 103 Å². The number of para-hydroxylation sites is 1. The van der Waals surface area contributed by atoms with Crippen LogP contribution in [-0.4, -0.2) is 22.7 Å². The van der Waals surface area contributed by atoms with E-state index in [0.717, 1.165) is 6.42 Å². The molecule has 2 aromatic rings. The molecule has 3 rings (SSSR count). The average molecular weight is 247 g/mol. The van der Waals surface area contributed by atoms with E-state index in [1.165, 1.54) is 6.07 Å². The Kier molecular flexibility index (Phi) is 2.56. The Morgan fingerprint density at radius 1 is 1.50 bits per heavy atom. The summed E-state index contributed by atoms with van der Waals surface area (Å²) in [5.74, 6) is -0.196. The Bertz CT molecular complexity index is 604. The molecule has 2 atom stereocenters. The van der Waals surface area contributed by atoms with Gasteiger partial charge in [0, 0.05) is 6.61 Å². The summed E-state index contributed by atoms with van der Waals surface area (Å²) in [5.41, 5.74) is 1.02. The number of oxazole rings is 1. The van der Waals surface area contributed by atoms with Crippen LogP contribution in [0.25, 0.3) is 11.1 Å². The number of benzene rings is 1. The lowest BCUT2D eigenvalue weighted by molar-refractivity contribution is 0.0688. The minimum Gasteiger partial charge on any atom is -0.478 e. The second-order valence-electron chi connectivity index (χ2n) is 4.57. The molecule has 1 aromatic heterocycles. The molecule has 0 aliphatic carbocycles. The Morgan fingerprint density at radius 3 is 3.00 bits per heavy atom. The minimum atomic E-state index is -1.01. The van der Waals surface area contributed by atoms with Crippen molar-refractivity contribution in [1.29, 1.82) is 0 Å². The molecule has 0 bridgehead atoms. The van der Waals surface area contributed by atoms with Crippen LogP contribution >= 0.6 is 0 Å². The van der Waals surface area contributed by atoms with Gasteiger partial charge in [0.1, 0.15) is 17.2 Å². The molecule has 1 aromatic carbocycles. The topological polar surface area (TPSA) is 72.6 Å². The molecule has 94 valence electrons. The predicted octanol–water partition coefficient (Wildman–Crippen LogP) is 2.62. The van der Waals surface area contributed by atoms with Crippen molar-refractivity contribution in [2.45, 2.75) is 19.4 Å². The molecule has 0 amide bonds. The second kappa shape index (κ2) is 4.10. The predicted molar refractivity (Wildman–Crippen MR) is 63.4 cm³/mol. The van der Waals surface area contributed by atoms with E-state index in [4.69, 9.17) is 14.3 Å². The first kappa shape index (κ1) is 11.2. The normalized spacial score (nSPS) is 23.6. The van der Waals surface area contributed by atoms with Gasteiger partial charge in [-0.25, -0.2) is 9.78 Å². The van der Waals surface area contributed by atoms with Crippen molar-refractivity contribution in [3.63, 3.8) is 0 Å². The number of aromatic nitrogens is 1. The Morgan fingerprint density at radius 2 is 2.33 bits per heavy atom. The molecule has 0 radical (unpaired) electrons. The van der Waals surface area contributed by atoms with Gasteiger partial charge in [-0.2, -0.15) is 0 Å². The Hall–Kier alpha value is -1.88. The fourth-order valence-corrected chi connectivity index (χ4v) is 2.27. The largest absolute Gasteiger partial charge is 0.478 e. The van der Waals surface area contributed by atoms with Crippen LogP contribution in [0.3, 0.4) is 0 Å². The Balaban J connectivity index is 2.11. The summed E-state index contributed by atoms with van der Waals surface area (Å²) >= 11 is 0. The summed E-state index contributed by atoms with van der Waals surface area (Å²) in [4.78, 5) is 15.4. The zero-order chi connectivity index (χ0) is 12.7. The summed E-state index contributed by atoms with van der Waals surface area (Å²) in [6, 6.07) is 4.92. The van der Waals surface area contributed by atoms with Crippen LogP contribution in [-0.2, 0) is 4.74 Å². The number of hydrogen-bond donors (Lipinski definition) is 1. The lowest BCUT2D eigenvalue weighted by atomic mass is 10.0. The van der Waals surface area contributed by atoms with Crippen molar-refractivity contribution in [2.75, 3.05) is 6.61 Å². The van der Waals surface area contributed by atoms with Gasteiger partial charge in [-0.3, -0.25) is 0 Å². The number of carboxylic acid groups (broad SMARTS) is 1. The van der Waals surface area contributed by atoms with Gasteiger partial charge in [-0.1, -0.05) is 13.0 Å². The summed E-state index contributed by atoms with van der Waals surface area (Å²) in [7, 11) is 0. The molecule has 18 heavy (non-hydrogen) atoms. The van der Waals surface area contributed by atoms with Crippen molar-refractivity contribution in [2.24, 2.45) is 5.92 Å². The van der Waals surface area contributed by atoms with Crippen molar-refractivity contribution in [1.82, 2.24) is 4.98 Å². The number of aromatic carboxylic acids is 1. The van der Waals surface area contributed by atoms with Crippen molar-refractivity contribution in [3.8, 4) is 0 Å². The van der Waals surface area contributed by atoms with Gasteiger partial charge in [0.15, 0.2) is 5.58 Å². The maximum atomic E-state index is 11.1. The SMILES string of the molecule is CC1CCOC1c1nc2cccc(C(=O)O)c2o1. The first-order valence-corrected chi connectivity index (χ1v) is 5.91. The highest BCUT2D eigenvalue weighted by Crippen LogP contribution is 2.35. The highest BCUT2D eigenvalue weighted by atomic mass is 16.5. The first-order valence-electron chi connectivity index (χ1n) is 5.91. The fourth-order valence-electron chi connectivity index (χ4n) is 2.27. The first-order chi connectivity index (χ1) is 8.66. The molecule has 5 nitrogen and oxygen atoms in total. The third kappa shape index (κ3) is 1.67. The maximum Gasteiger partial charge on any atom is 0.339 e. The average Bonchev–Trinajstić information content (AvgIpc) is 2.92. The van der Waals surface area contributed by atoms with E-state index in [1.54, 1.807) is 12.1 Å².